The molecule has 0 aliphatic rings. The number of nitrogens with zero attached hydrogens (tertiary/aromatic N) is 1. The van der Waals surface area contributed by atoms with Crippen molar-refractivity contribution in [2.45, 2.75) is 52.2 Å². The van der Waals surface area contributed by atoms with Gasteiger partial charge in [-0.2, -0.15) is 13.2 Å². The Labute approximate surface area is 173 Å². The zero-order valence-electron chi connectivity index (χ0n) is 16.9. The number of carboxylic acids is 1. The van der Waals surface area contributed by atoms with E-state index in [4.69, 9.17) is 9.57 Å². The Morgan fingerprint density at radius 3 is 2.40 bits per heavy atom. The molecule has 1 atom stereocenters. The standard InChI is InChI=1S/C22H24F3NO4/c1-14(2)30-20(21(27)28)12-16-6-4-8-18(10-16)15(3)26-29-13-17-7-5-9-19(11-17)22(23,24)25/h4-11,14,20H,12-13H2,1-3H3,(H,27,28)/b26-15+. The molecule has 0 saturated carbocycles. The summed E-state index contributed by atoms with van der Waals surface area (Å²) in [5.41, 5.74) is 1.59. The average Bonchev–Trinajstić information content (AvgIpc) is 2.67. The van der Waals surface area contributed by atoms with Crippen LogP contribution in [-0.2, 0) is 33.6 Å². The first-order chi connectivity index (χ1) is 14.1. The Bertz CT molecular complexity index is 894. The first kappa shape index (κ1) is 23.4. The smallest absolute Gasteiger partial charge is 0.416 e. The van der Waals surface area contributed by atoms with Crippen LogP contribution in [0.25, 0.3) is 0 Å². The lowest BCUT2D eigenvalue weighted by molar-refractivity contribution is -0.153. The van der Waals surface area contributed by atoms with Crippen molar-refractivity contribution in [3.63, 3.8) is 0 Å². The fraction of sp³-hybridized carbons (Fsp3) is 0.364. The van der Waals surface area contributed by atoms with Gasteiger partial charge in [-0.25, -0.2) is 4.79 Å². The van der Waals surface area contributed by atoms with Crippen LogP contribution >= 0.6 is 0 Å². The van der Waals surface area contributed by atoms with Crippen LogP contribution < -0.4 is 0 Å². The third-order valence-corrected chi connectivity index (χ3v) is 4.16. The molecule has 0 spiro atoms. The minimum atomic E-state index is -4.41. The number of hydrogen-bond donors (Lipinski definition) is 1. The molecule has 0 aliphatic heterocycles. The summed E-state index contributed by atoms with van der Waals surface area (Å²) in [5, 5.41) is 13.3. The van der Waals surface area contributed by atoms with Crippen molar-refractivity contribution in [2.75, 3.05) is 0 Å². The number of carbonyl (C=O) groups is 1. The van der Waals surface area contributed by atoms with E-state index in [1.54, 1.807) is 45.0 Å². The predicted octanol–water partition coefficient (Wildman–Crippen LogP) is 5.07. The van der Waals surface area contributed by atoms with Gasteiger partial charge in [0.15, 0.2) is 6.10 Å². The maximum atomic E-state index is 12.8. The van der Waals surface area contributed by atoms with Gasteiger partial charge < -0.3 is 14.7 Å². The van der Waals surface area contributed by atoms with Crippen molar-refractivity contribution in [1.29, 1.82) is 0 Å². The fourth-order valence-electron chi connectivity index (χ4n) is 2.75. The van der Waals surface area contributed by atoms with Gasteiger partial charge in [0.05, 0.1) is 17.4 Å². The molecule has 8 heteroatoms. The van der Waals surface area contributed by atoms with E-state index in [1.807, 2.05) is 0 Å². The highest BCUT2D eigenvalue weighted by molar-refractivity contribution is 5.98. The van der Waals surface area contributed by atoms with E-state index < -0.39 is 23.8 Å². The highest BCUT2D eigenvalue weighted by Gasteiger charge is 2.30. The Hall–Kier alpha value is -2.87. The van der Waals surface area contributed by atoms with Gasteiger partial charge in [-0.3, -0.25) is 0 Å². The summed E-state index contributed by atoms with van der Waals surface area (Å²) in [6.07, 6.45) is -5.40. The molecule has 0 saturated heterocycles. The first-order valence-corrected chi connectivity index (χ1v) is 9.36. The van der Waals surface area contributed by atoms with Crippen LogP contribution in [0.5, 0.6) is 0 Å². The summed E-state index contributed by atoms with van der Waals surface area (Å²) >= 11 is 0. The summed E-state index contributed by atoms with van der Waals surface area (Å²) < 4.78 is 43.7. The molecule has 1 unspecified atom stereocenters. The molecule has 0 aromatic heterocycles. The van der Waals surface area contributed by atoms with Gasteiger partial charge in [0.2, 0.25) is 0 Å². The van der Waals surface area contributed by atoms with Crippen LogP contribution in [0.3, 0.4) is 0 Å². The van der Waals surface area contributed by atoms with Gasteiger partial charge in [-0.15, -0.1) is 0 Å². The van der Waals surface area contributed by atoms with Crippen LogP contribution in [0.4, 0.5) is 13.2 Å². The lowest BCUT2D eigenvalue weighted by atomic mass is 10.0. The number of halogens is 3. The van der Waals surface area contributed by atoms with Crippen LogP contribution in [0.15, 0.2) is 53.7 Å². The van der Waals surface area contributed by atoms with Gasteiger partial charge in [0.25, 0.3) is 0 Å². The predicted molar refractivity (Wildman–Crippen MR) is 106 cm³/mol. The second-order valence-corrected chi connectivity index (χ2v) is 7.06. The molecule has 1 N–H and O–H groups in total. The number of carboxylic acid groups (broad SMARTS) is 1. The maximum Gasteiger partial charge on any atom is 0.416 e. The molecule has 5 nitrogen and oxygen atoms in total. The van der Waals surface area contributed by atoms with E-state index in [-0.39, 0.29) is 19.1 Å². The minimum absolute atomic E-state index is 0.107. The maximum absolute atomic E-state index is 12.8. The van der Waals surface area contributed by atoms with Crippen LogP contribution in [0.2, 0.25) is 0 Å². The number of aliphatic carboxylic acids is 1. The molecule has 0 radical (unpaired) electrons. The Morgan fingerprint density at radius 1 is 1.10 bits per heavy atom. The number of oxime groups is 1. The molecule has 0 aliphatic carbocycles. The largest absolute Gasteiger partial charge is 0.479 e. The topological polar surface area (TPSA) is 68.1 Å². The summed E-state index contributed by atoms with van der Waals surface area (Å²) in [4.78, 5) is 16.6. The number of ether oxygens (including phenoxy) is 1. The molecule has 162 valence electrons. The second kappa shape index (κ2) is 10.2. The molecule has 2 rings (SSSR count). The minimum Gasteiger partial charge on any atom is -0.479 e. The molecular weight excluding hydrogens is 399 g/mol. The highest BCUT2D eigenvalue weighted by Crippen LogP contribution is 2.29. The first-order valence-electron chi connectivity index (χ1n) is 9.36. The summed E-state index contributed by atoms with van der Waals surface area (Å²) in [6.45, 7) is 5.13. The number of rotatable bonds is 9. The highest BCUT2D eigenvalue weighted by atomic mass is 19.4. The van der Waals surface area contributed by atoms with Crippen molar-refractivity contribution in [3.8, 4) is 0 Å². The quantitative estimate of drug-likeness (QED) is 0.452. The molecule has 0 bridgehead atoms. The molecule has 2 aromatic carbocycles. The van der Waals surface area contributed by atoms with E-state index in [1.165, 1.54) is 12.1 Å². The van der Waals surface area contributed by atoms with Gasteiger partial charge in [0.1, 0.15) is 6.61 Å². The number of alkyl halides is 3. The number of hydrogen-bond acceptors (Lipinski definition) is 4. The van der Waals surface area contributed by atoms with E-state index >= 15 is 0 Å². The lowest BCUT2D eigenvalue weighted by Crippen LogP contribution is -2.29. The van der Waals surface area contributed by atoms with Crippen molar-refractivity contribution < 1.29 is 32.6 Å². The van der Waals surface area contributed by atoms with Crippen molar-refractivity contribution in [1.82, 2.24) is 0 Å². The molecule has 0 fully saturated rings. The summed E-state index contributed by atoms with van der Waals surface area (Å²) in [6, 6.07) is 12.0. The molecule has 0 amide bonds. The normalized spacial score (nSPS) is 13.4. The third kappa shape index (κ3) is 7.18. The van der Waals surface area contributed by atoms with Crippen molar-refractivity contribution >= 4 is 11.7 Å². The number of benzene rings is 2. The zero-order valence-corrected chi connectivity index (χ0v) is 16.9. The molecular formula is C22H24F3NO4. The van der Waals surface area contributed by atoms with E-state index in [0.29, 0.717) is 16.8 Å². The van der Waals surface area contributed by atoms with Gasteiger partial charge in [0, 0.05) is 6.42 Å². The SMILES string of the molecule is C/C(=N\OCc1cccc(C(F)(F)F)c1)c1cccc(CC(OC(C)C)C(=O)O)c1. The van der Waals surface area contributed by atoms with E-state index in [0.717, 1.165) is 17.7 Å². The average molecular weight is 423 g/mol. The fourth-order valence-corrected chi connectivity index (χ4v) is 2.75. The Balaban J connectivity index is 2.05. The third-order valence-electron chi connectivity index (χ3n) is 4.16. The van der Waals surface area contributed by atoms with Gasteiger partial charge >= 0.3 is 12.1 Å². The Morgan fingerprint density at radius 2 is 1.77 bits per heavy atom. The van der Waals surface area contributed by atoms with Crippen molar-refractivity contribution in [3.05, 3.63) is 70.8 Å². The monoisotopic (exact) mass is 423 g/mol. The lowest BCUT2D eigenvalue weighted by Gasteiger charge is -2.16. The van der Waals surface area contributed by atoms with Crippen molar-refractivity contribution in [2.24, 2.45) is 5.16 Å². The molecule has 0 heterocycles. The van der Waals surface area contributed by atoms with E-state index in [9.17, 15) is 23.1 Å². The molecule has 2 aromatic rings. The van der Waals surface area contributed by atoms with Crippen LogP contribution in [0, 0.1) is 0 Å². The zero-order chi connectivity index (χ0) is 22.3. The molecule has 30 heavy (non-hydrogen) atoms. The summed E-state index contributed by atoms with van der Waals surface area (Å²) in [7, 11) is 0. The van der Waals surface area contributed by atoms with Gasteiger partial charge in [-0.05, 0) is 55.7 Å². The Kier molecular flexibility index (Phi) is 8.00. The van der Waals surface area contributed by atoms with Crippen LogP contribution in [0.1, 0.15) is 43.0 Å². The van der Waals surface area contributed by atoms with Gasteiger partial charge in [-0.1, -0.05) is 35.5 Å². The summed E-state index contributed by atoms with van der Waals surface area (Å²) in [5.74, 6) is -1.04. The van der Waals surface area contributed by atoms with E-state index in [2.05, 4.69) is 5.16 Å². The second-order valence-electron chi connectivity index (χ2n) is 7.06. The van der Waals surface area contributed by atoms with Crippen LogP contribution in [-0.4, -0.2) is 29.0 Å².